The number of carbonyl (C=O) groups is 2. The molecule has 0 fully saturated rings. The zero-order valence-corrected chi connectivity index (χ0v) is 20.9. The fourth-order valence-corrected chi connectivity index (χ4v) is 5.26. The summed E-state index contributed by atoms with van der Waals surface area (Å²) in [6.07, 6.45) is 0.727. The number of nitrogens with one attached hydrogen (secondary N) is 1. The lowest BCUT2D eigenvalue weighted by Crippen LogP contribution is -2.25. The van der Waals surface area contributed by atoms with Crippen molar-refractivity contribution in [1.29, 1.82) is 0 Å². The molecule has 2 heterocycles. The predicted octanol–water partition coefficient (Wildman–Crippen LogP) is 5.18. The number of hydrazone groups is 1. The molecule has 2 aliphatic heterocycles. The third kappa shape index (κ3) is 5.18. The predicted molar refractivity (Wildman–Crippen MR) is 143 cm³/mol. The van der Waals surface area contributed by atoms with Crippen LogP contribution in [0.5, 0.6) is 5.75 Å². The molecule has 1 N–H and O–H groups in total. The maximum absolute atomic E-state index is 12.8. The monoisotopic (exact) mass is 498 g/mol. The van der Waals surface area contributed by atoms with Gasteiger partial charge < -0.3 is 10.1 Å². The summed E-state index contributed by atoms with van der Waals surface area (Å²) in [5.74, 6) is 0.148. The van der Waals surface area contributed by atoms with Gasteiger partial charge in [-0.1, -0.05) is 71.9 Å². The summed E-state index contributed by atoms with van der Waals surface area (Å²) >= 11 is 1.30. The van der Waals surface area contributed by atoms with Gasteiger partial charge in [0.05, 0.1) is 18.9 Å². The zero-order chi connectivity index (χ0) is 25.1. The summed E-state index contributed by atoms with van der Waals surface area (Å²) in [6.45, 7) is 2.06. The molecule has 7 nitrogen and oxygen atoms in total. The number of carbonyl (C=O) groups excluding carboxylic acids is 2. The normalized spacial score (nSPS) is 19.2. The van der Waals surface area contributed by atoms with Crippen molar-refractivity contribution in [3.05, 3.63) is 95.6 Å². The van der Waals surface area contributed by atoms with Gasteiger partial charge in [-0.2, -0.15) is 10.1 Å². The molecule has 0 saturated carbocycles. The van der Waals surface area contributed by atoms with Crippen molar-refractivity contribution >= 4 is 40.1 Å². The van der Waals surface area contributed by atoms with Crippen LogP contribution >= 0.6 is 11.8 Å². The molecule has 2 amide bonds. The Morgan fingerprint density at radius 3 is 2.47 bits per heavy atom. The van der Waals surface area contributed by atoms with E-state index >= 15 is 0 Å². The Labute approximate surface area is 214 Å². The first-order valence-electron chi connectivity index (χ1n) is 11.7. The largest absolute Gasteiger partial charge is 0.497 e. The molecule has 0 spiro atoms. The van der Waals surface area contributed by atoms with E-state index in [1.165, 1.54) is 17.3 Å². The van der Waals surface area contributed by atoms with E-state index in [0.717, 1.165) is 16.8 Å². The number of nitrogens with zero attached hydrogens (tertiary/aromatic N) is 3. The van der Waals surface area contributed by atoms with E-state index in [1.807, 2.05) is 23.2 Å². The number of ether oxygens (including phenoxy) is 1. The van der Waals surface area contributed by atoms with Crippen molar-refractivity contribution in [2.75, 3.05) is 12.4 Å². The minimum atomic E-state index is -0.590. The highest BCUT2D eigenvalue weighted by Crippen LogP contribution is 2.38. The maximum atomic E-state index is 12.8. The first-order valence-corrected chi connectivity index (χ1v) is 12.6. The van der Waals surface area contributed by atoms with Crippen LogP contribution in [0.3, 0.4) is 0 Å². The van der Waals surface area contributed by atoms with Gasteiger partial charge in [-0.05, 0) is 42.3 Å². The first-order chi connectivity index (χ1) is 17.5. The van der Waals surface area contributed by atoms with Gasteiger partial charge in [0.25, 0.3) is 5.91 Å². The molecule has 0 radical (unpaired) electrons. The average Bonchev–Trinajstić information content (AvgIpc) is 3.49. The van der Waals surface area contributed by atoms with E-state index < -0.39 is 5.25 Å². The molecule has 0 aromatic heterocycles. The first kappa shape index (κ1) is 23.8. The molecule has 0 aliphatic carbocycles. The molecular formula is C28H26N4O3S. The van der Waals surface area contributed by atoms with Crippen LogP contribution in [-0.4, -0.2) is 40.1 Å². The topological polar surface area (TPSA) is 83.4 Å². The van der Waals surface area contributed by atoms with Crippen LogP contribution < -0.4 is 10.1 Å². The van der Waals surface area contributed by atoms with Gasteiger partial charge in [0.1, 0.15) is 11.0 Å². The summed E-state index contributed by atoms with van der Waals surface area (Å²) in [5.41, 5.74) is 4.92. The smallest absolute Gasteiger partial charge is 0.262 e. The van der Waals surface area contributed by atoms with Gasteiger partial charge in [0.15, 0.2) is 5.17 Å². The Balaban J connectivity index is 1.32. The molecule has 5 rings (SSSR count). The van der Waals surface area contributed by atoms with Crippen LogP contribution in [0.15, 0.2) is 89.0 Å². The summed E-state index contributed by atoms with van der Waals surface area (Å²) in [4.78, 5) is 29.7. The molecule has 36 heavy (non-hydrogen) atoms. The van der Waals surface area contributed by atoms with Gasteiger partial charge in [0, 0.05) is 18.5 Å². The van der Waals surface area contributed by atoms with Gasteiger partial charge in [-0.15, -0.1) is 0 Å². The summed E-state index contributed by atoms with van der Waals surface area (Å²) in [6, 6.07) is 25.4. The second-order valence-corrected chi connectivity index (χ2v) is 9.88. The standard InChI is InChI=1S/C28H26N4O3S/c1-18-8-10-19(11-9-18)23-16-24(20-6-4-3-5-7-20)32(31-23)28-30-27(34)25(36-28)17-26(33)29-21-12-14-22(35-2)15-13-21/h3-15,24-25H,16-17H2,1-2H3,(H,29,33)/t24-,25-/m0/s1. The van der Waals surface area contributed by atoms with Gasteiger partial charge in [-0.25, -0.2) is 5.01 Å². The lowest BCUT2D eigenvalue weighted by atomic mass is 9.98. The number of hydrogen-bond donors (Lipinski definition) is 1. The average molecular weight is 499 g/mol. The molecular weight excluding hydrogens is 472 g/mol. The van der Waals surface area contributed by atoms with Crippen molar-refractivity contribution in [3.8, 4) is 5.75 Å². The molecule has 182 valence electrons. The number of methoxy groups -OCH3 is 1. The molecule has 2 atom stereocenters. The van der Waals surface area contributed by atoms with E-state index in [9.17, 15) is 9.59 Å². The number of amidine groups is 1. The highest BCUT2D eigenvalue weighted by molar-refractivity contribution is 8.15. The van der Waals surface area contributed by atoms with E-state index in [4.69, 9.17) is 9.84 Å². The Morgan fingerprint density at radius 2 is 1.78 bits per heavy atom. The Bertz CT molecular complexity index is 1320. The van der Waals surface area contributed by atoms with Gasteiger partial charge in [0.2, 0.25) is 5.91 Å². The van der Waals surface area contributed by atoms with E-state index in [2.05, 4.69) is 53.6 Å². The number of aliphatic imine (C=N–C) groups is 1. The highest BCUT2D eigenvalue weighted by atomic mass is 32.2. The number of amides is 2. The SMILES string of the molecule is COc1ccc(NC(=O)C[C@@H]2SC(N3N=C(c4ccc(C)cc4)C[C@H]3c3ccccc3)=NC2=O)cc1. The Hall–Kier alpha value is -3.91. The van der Waals surface area contributed by atoms with Crippen LogP contribution in [0.2, 0.25) is 0 Å². The van der Waals surface area contributed by atoms with Crippen LogP contribution in [0, 0.1) is 6.92 Å². The van der Waals surface area contributed by atoms with Crippen LogP contribution in [-0.2, 0) is 9.59 Å². The van der Waals surface area contributed by atoms with Crippen LogP contribution in [0.25, 0.3) is 0 Å². The van der Waals surface area contributed by atoms with Crippen molar-refractivity contribution in [1.82, 2.24) is 5.01 Å². The summed E-state index contributed by atoms with van der Waals surface area (Å²) in [5, 5.41) is 9.51. The van der Waals surface area contributed by atoms with Crippen molar-refractivity contribution < 1.29 is 14.3 Å². The second-order valence-electron chi connectivity index (χ2n) is 8.71. The molecule has 2 aliphatic rings. The minimum Gasteiger partial charge on any atom is -0.497 e. The number of anilines is 1. The number of benzene rings is 3. The van der Waals surface area contributed by atoms with Crippen molar-refractivity contribution in [2.24, 2.45) is 10.1 Å². The third-order valence-electron chi connectivity index (χ3n) is 6.15. The van der Waals surface area contributed by atoms with Gasteiger partial charge >= 0.3 is 0 Å². The Kier molecular flexibility index (Phi) is 6.86. The lowest BCUT2D eigenvalue weighted by molar-refractivity contribution is -0.121. The fourth-order valence-electron chi connectivity index (χ4n) is 4.20. The van der Waals surface area contributed by atoms with Gasteiger partial charge in [-0.3, -0.25) is 9.59 Å². The van der Waals surface area contributed by atoms with E-state index in [1.54, 1.807) is 31.4 Å². The second kappa shape index (κ2) is 10.4. The minimum absolute atomic E-state index is 0.0287. The molecule has 8 heteroatoms. The molecule has 0 bridgehead atoms. The van der Waals surface area contributed by atoms with Crippen molar-refractivity contribution in [3.63, 3.8) is 0 Å². The number of aryl methyl sites for hydroxylation is 1. The highest BCUT2D eigenvalue weighted by Gasteiger charge is 2.39. The molecule has 0 saturated heterocycles. The molecule has 0 unspecified atom stereocenters. The van der Waals surface area contributed by atoms with Crippen LogP contribution in [0.1, 0.15) is 35.6 Å². The van der Waals surface area contributed by atoms with E-state index in [0.29, 0.717) is 23.0 Å². The molecule has 3 aromatic rings. The zero-order valence-electron chi connectivity index (χ0n) is 20.0. The fraction of sp³-hybridized carbons (Fsp3) is 0.214. The molecule has 3 aromatic carbocycles. The van der Waals surface area contributed by atoms with Crippen molar-refractivity contribution in [2.45, 2.75) is 31.1 Å². The number of rotatable bonds is 6. The number of hydrogen-bond acceptors (Lipinski definition) is 6. The Morgan fingerprint density at radius 1 is 1.06 bits per heavy atom. The summed E-state index contributed by atoms with van der Waals surface area (Å²) in [7, 11) is 1.59. The lowest BCUT2D eigenvalue weighted by Gasteiger charge is -2.23. The third-order valence-corrected chi connectivity index (χ3v) is 7.29. The maximum Gasteiger partial charge on any atom is 0.262 e. The number of thioether (sulfide) groups is 1. The quantitative estimate of drug-likeness (QED) is 0.506. The van der Waals surface area contributed by atoms with E-state index in [-0.39, 0.29) is 24.3 Å². The summed E-state index contributed by atoms with van der Waals surface area (Å²) < 4.78 is 5.15. The van der Waals surface area contributed by atoms with Crippen LogP contribution in [0.4, 0.5) is 5.69 Å².